The molecular formula is C27H31NO5S. The Morgan fingerprint density at radius 2 is 1.65 bits per heavy atom. The molecular weight excluding hydrogens is 450 g/mol. The number of aryl methyl sites for hydroxylation is 1. The second-order valence-electron chi connectivity index (χ2n) is 8.48. The number of carbonyl (C=O) groups excluding carboxylic acids is 1. The molecule has 0 heterocycles. The molecule has 7 heteroatoms. The molecule has 1 atom stereocenters. The van der Waals surface area contributed by atoms with Gasteiger partial charge in [0.15, 0.2) is 0 Å². The van der Waals surface area contributed by atoms with Gasteiger partial charge in [0.1, 0.15) is 10.6 Å². The molecule has 0 bridgehead atoms. The quantitative estimate of drug-likeness (QED) is 0.307. The highest BCUT2D eigenvalue weighted by molar-refractivity contribution is 7.87. The molecule has 0 radical (unpaired) electrons. The van der Waals surface area contributed by atoms with Gasteiger partial charge in [0.05, 0.1) is 12.5 Å². The first-order valence-corrected chi connectivity index (χ1v) is 12.7. The SMILES string of the molecule is Cc1ccc(S(=O)(=O)Oc2cccc(C(CNCc3ccccc3)CC(=O)OC(C)C)c2)cc1. The molecule has 0 spiro atoms. The van der Waals surface area contributed by atoms with Gasteiger partial charge in [-0.2, -0.15) is 8.42 Å². The summed E-state index contributed by atoms with van der Waals surface area (Å²) < 4.78 is 36.2. The van der Waals surface area contributed by atoms with Crippen molar-refractivity contribution >= 4 is 16.1 Å². The number of benzene rings is 3. The van der Waals surface area contributed by atoms with E-state index in [-0.39, 0.29) is 35.1 Å². The van der Waals surface area contributed by atoms with E-state index in [0.717, 1.165) is 16.7 Å². The Morgan fingerprint density at radius 1 is 0.941 bits per heavy atom. The van der Waals surface area contributed by atoms with Crippen LogP contribution in [0.2, 0.25) is 0 Å². The molecule has 3 rings (SSSR count). The summed E-state index contributed by atoms with van der Waals surface area (Å²) in [6.45, 7) is 6.66. The van der Waals surface area contributed by atoms with Crippen molar-refractivity contribution in [3.63, 3.8) is 0 Å². The predicted octanol–water partition coefficient (Wildman–Crippen LogP) is 4.98. The largest absolute Gasteiger partial charge is 0.463 e. The minimum absolute atomic E-state index is 0.0880. The van der Waals surface area contributed by atoms with E-state index in [2.05, 4.69) is 5.32 Å². The van der Waals surface area contributed by atoms with E-state index in [1.165, 1.54) is 12.1 Å². The summed E-state index contributed by atoms with van der Waals surface area (Å²) in [5.74, 6) is -0.330. The Morgan fingerprint density at radius 3 is 2.32 bits per heavy atom. The third-order valence-electron chi connectivity index (χ3n) is 5.19. The summed E-state index contributed by atoms with van der Waals surface area (Å²) in [6, 6.07) is 23.3. The summed E-state index contributed by atoms with van der Waals surface area (Å²) in [5.41, 5.74) is 2.88. The molecule has 0 aliphatic carbocycles. The zero-order chi connectivity index (χ0) is 24.6. The Bertz CT molecular complexity index is 1180. The van der Waals surface area contributed by atoms with Gasteiger partial charge in [-0.05, 0) is 56.2 Å². The fraction of sp³-hybridized carbons (Fsp3) is 0.296. The number of nitrogens with one attached hydrogen (secondary N) is 1. The molecule has 0 amide bonds. The molecule has 34 heavy (non-hydrogen) atoms. The van der Waals surface area contributed by atoms with Gasteiger partial charge in [0.25, 0.3) is 0 Å². The van der Waals surface area contributed by atoms with Crippen LogP contribution in [-0.4, -0.2) is 27.0 Å². The van der Waals surface area contributed by atoms with Crippen LogP contribution in [0.3, 0.4) is 0 Å². The molecule has 0 saturated carbocycles. The average molecular weight is 482 g/mol. The summed E-state index contributed by atoms with van der Waals surface area (Å²) in [4.78, 5) is 12.5. The number of esters is 1. The zero-order valence-electron chi connectivity index (χ0n) is 19.7. The standard InChI is InChI=1S/C27H31NO5S/c1-20(2)32-27(29)17-24(19-28-18-22-8-5-4-6-9-22)23-10-7-11-25(16-23)33-34(30,31)26-14-12-21(3)13-15-26/h4-16,20,24,28H,17-19H2,1-3H3. The molecule has 6 nitrogen and oxygen atoms in total. The highest BCUT2D eigenvalue weighted by atomic mass is 32.2. The molecule has 0 fully saturated rings. The Labute approximate surface area is 202 Å². The van der Waals surface area contributed by atoms with E-state index in [9.17, 15) is 13.2 Å². The van der Waals surface area contributed by atoms with Crippen molar-refractivity contribution in [2.45, 2.75) is 50.7 Å². The van der Waals surface area contributed by atoms with E-state index < -0.39 is 10.1 Å². The Kier molecular flexibility index (Phi) is 8.85. The number of carbonyl (C=O) groups is 1. The lowest BCUT2D eigenvalue weighted by Crippen LogP contribution is -2.24. The van der Waals surface area contributed by atoms with E-state index >= 15 is 0 Å². The monoisotopic (exact) mass is 481 g/mol. The van der Waals surface area contributed by atoms with Gasteiger partial charge in [0, 0.05) is 19.0 Å². The number of hydrogen-bond acceptors (Lipinski definition) is 6. The lowest BCUT2D eigenvalue weighted by molar-refractivity contribution is -0.147. The van der Waals surface area contributed by atoms with Crippen molar-refractivity contribution in [2.24, 2.45) is 0 Å². The zero-order valence-corrected chi connectivity index (χ0v) is 20.5. The summed E-state index contributed by atoms with van der Waals surface area (Å²) in [5, 5.41) is 3.39. The van der Waals surface area contributed by atoms with Gasteiger partial charge in [0.2, 0.25) is 0 Å². The van der Waals surface area contributed by atoms with Crippen LogP contribution in [-0.2, 0) is 26.2 Å². The Hall–Kier alpha value is -3.16. The van der Waals surface area contributed by atoms with Gasteiger partial charge in [-0.1, -0.05) is 60.2 Å². The van der Waals surface area contributed by atoms with E-state index in [1.807, 2.05) is 57.2 Å². The van der Waals surface area contributed by atoms with Crippen LogP contribution in [0.5, 0.6) is 5.75 Å². The lowest BCUT2D eigenvalue weighted by Gasteiger charge is -2.19. The molecule has 0 aliphatic heterocycles. The summed E-state index contributed by atoms with van der Waals surface area (Å²) in [6.07, 6.45) is -0.0477. The molecule has 1 N–H and O–H groups in total. The number of ether oxygens (including phenoxy) is 1. The molecule has 0 aliphatic rings. The smallest absolute Gasteiger partial charge is 0.339 e. The number of rotatable bonds is 11. The first-order valence-electron chi connectivity index (χ1n) is 11.3. The van der Waals surface area contributed by atoms with Gasteiger partial charge >= 0.3 is 16.1 Å². The van der Waals surface area contributed by atoms with Gasteiger partial charge in [-0.3, -0.25) is 4.79 Å². The second-order valence-corrected chi connectivity index (χ2v) is 10.0. The van der Waals surface area contributed by atoms with Crippen LogP contribution >= 0.6 is 0 Å². The minimum Gasteiger partial charge on any atom is -0.463 e. The van der Waals surface area contributed by atoms with Crippen molar-refractivity contribution in [1.82, 2.24) is 5.32 Å². The lowest BCUT2D eigenvalue weighted by atomic mass is 9.95. The topological polar surface area (TPSA) is 81.7 Å². The molecule has 0 aromatic heterocycles. The van der Waals surface area contributed by atoms with Crippen molar-refractivity contribution in [1.29, 1.82) is 0 Å². The van der Waals surface area contributed by atoms with Crippen LogP contribution in [0.1, 0.15) is 42.9 Å². The predicted molar refractivity (Wildman–Crippen MR) is 132 cm³/mol. The maximum Gasteiger partial charge on any atom is 0.339 e. The highest BCUT2D eigenvalue weighted by Crippen LogP contribution is 2.26. The van der Waals surface area contributed by atoms with Crippen molar-refractivity contribution < 1.29 is 22.1 Å². The summed E-state index contributed by atoms with van der Waals surface area (Å²) >= 11 is 0. The molecule has 0 saturated heterocycles. The van der Waals surface area contributed by atoms with Crippen LogP contribution in [0.4, 0.5) is 0 Å². The summed E-state index contributed by atoms with van der Waals surface area (Å²) in [7, 11) is -3.97. The minimum atomic E-state index is -3.97. The van der Waals surface area contributed by atoms with Gasteiger partial charge < -0.3 is 14.2 Å². The first-order chi connectivity index (χ1) is 16.2. The van der Waals surface area contributed by atoms with Crippen molar-refractivity contribution in [3.05, 3.63) is 95.6 Å². The molecule has 1 unspecified atom stereocenters. The number of hydrogen-bond donors (Lipinski definition) is 1. The van der Waals surface area contributed by atoms with Gasteiger partial charge in [-0.15, -0.1) is 0 Å². The average Bonchev–Trinajstić information content (AvgIpc) is 2.79. The normalized spacial score (nSPS) is 12.4. The molecule has 180 valence electrons. The van der Waals surface area contributed by atoms with E-state index in [1.54, 1.807) is 30.3 Å². The third-order valence-corrected chi connectivity index (χ3v) is 6.45. The fourth-order valence-electron chi connectivity index (χ4n) is 3.51. The van der Waals surface area contributed by atoms with Crippen LogP contribution < -0.4 is 9.50 Å². The van der Waals surface area contributed by atoms with E-state index in [4.69, 9.17) is 8.92 Å². The van der Waals surface area contributed by atoms with Gasteiger partial charge in [-0.25, -0.2) is 0 Å². The second kappa shape index (κ2) is 11.8. The molecule has 3 aromatic rings. The fourth-order valence-corrected chi connectivity index (χ4v) is 4.43. The van der Waals surface area contributed by atoms with Crippen molar-refractivity contribution in [2.75, 3.05) is 6.54 Å². The van der Waals surface area contributed by atoms with Crippen LogP contribution in [0, 0.1) is 6.92 Å². The van der Waals surface area contributed by atoms with E-state index in [0.29, 0.717) is 13.1 Å². The van der Waals surface area contributed by atoms with Crippen molar-refractivity contribution in [3.8, 4) is 5.75 Å². The highest BCUT2D eigenvalue weighted by Gasteiger charge is 2.21. The maximum atomic E-state index is 12.7. The van der Waals surface area contributed by atoms with Crippen LogP contribution in [0.25, 0.3) is 0 Å². The van der Waals surface area contributed by atoms with Crippen LogP contribution in [0.15, 0.2) is 83.8 Å². The first kappa shape index (κ1) is 25.5. The third kappa shape index (κ3) is 7.71. The Balaban J connectivity index is 1.77. The molecule has 3 aromatic carbocycles. The maximum absolute atomic E-state index is 12.7.